The minimum atomic E-state index is -0.311. The summed E-state index contributed by atoms with van der Waals surface area (Å²) in [6.45, 7) is 5.41. The molecule has 3 nitrogen and oxygen atoms in total. The van der Waals surface area contributed by atoms with Gasteiger partial charge in [0.2, 0.25) is 0 Å². The van der Waals surface area contributed by atoms with Crippen molar-refractivity contribution in [2.24, 2.45) is 5.41 Å². The molecule has 1 aliphatic heterocycles. The molecule has 0 aromatic heterocycles. The third kappa shape index (κ3) is 4.05. The summed E-state index contributed by atoms with van der Waals surface area (Å²) in [5.41, 5.74) is 2.65. The molecule has 0 saturated heterocycles. The standard InChI is InChI=1S/C17H27NO2/c1-17(13-19,14-20)9-4-5-10-18-11-8-15-6-2-3-7-16(15)12-18/h2-3,6-7,19-20H,4-5,8-14H2,1H3. The first-order chi connectivity index (χ1) is 9.67. The Hall–Kier alpha value is -0.900. The Morgan fingerprint density at radius 3 is 2.50 bits per heavy atom. The van der Waals surface area contributed by atoms with E-state index < -0.39 is 0 Å². The Morgan fingerprint density at radius 2 is 1.80 bits per heavy atom. The van der Waals surface area contributed by atoms with Crippen molar-refractivity contribution < 1.29 is 10.2 Å². The third-order valence-corrected chi connectivity index (χ3v) is 4.48. The fourth-order valence-corrected chi connectivity index (χ4v) is 2.84. The molecule has 0 aliphatic carbocycles. The topological polar surface area (TPSA) is 43.7 Å². The van der Waals surface area contributed by atoms with Crippen LogP contribution >= 0.6 is 0 Å². The zero-order valence-corrected chi connectivity index (χ0v) is 12.5. The molecule has 0 unspecified atom stereocenters. The number of nitrogens with zero attached hydrogens (tertiary/aromatic N) is 1. The maximum Gasteiger partial charge on any atom is 0.0506 e. The van der Waals surface area contributed by atoms with Crippen molar-refractivity contribution >= 4 is 0 Å². The van der Waals surface area contributed by atoms with Crippen molar-refractivity contribution in [3.63, 3.8) is 0 Å². The van der Waals surface area contributed by atoms with E-state index in [1.54, 1.807) is 0 Å². The Kier molecular flexibility index (Phi) is 5.58. The second kappa shape index (κ2) is 7.21. The van der Waals surface area contributed by atoms with Gasteiger partial charge in [-0.15, -0.1) is 0 Å². The van der Waals surface area contributed by atoms with E-state index in [9.17, 15) is 10.2 Å². The molecule has 0 bridgehead atoms. The van der Waals surface area contributed by atoms with Crippen LogP contribution in [0.3, 0.4) is 0 Å². The summed E-state index contributed by atoms with van der Waals surface area (Å²) in [6, 6.07) is 8.71. The fraction of sp³-hybridized carbons (Fsp3) is 0.647. The average molecular weight is 277 g/mol. The summed E-state index contributed by atoms with van der Waals surface area (Å²) < 4.78 is 0. The number of benzene rings is 1. The lowest BCUT2D eigenvalue weighted by Crippen LogP contribution is -2.31. The largest absolute Gasteiger partial charge is 0.396 e. The van der Waals surface area contributed by atoms with Crippen LogP contribution in [-0.2, 0) is 13.0 Å². The molecule has 0 atom stereocenters. The normalized spacial score (nSPS) is 16.1. The molecule has 2 rings (SSSR count). The maximum absolute atomic E-state index is 9.27. The third-order valence-electron chi connectivity index (χ3n) is 4.48. The van der Waals surface area contributed by atoms with E-state index in [-0.39, 0.29) is 18.6 Å². The molecule has 0 saturated carbocycles. The molecule has 0 amide bonds. The van der Waals surface area contributed by atoms with Gasteiger partial charge in [-0.25, -0.2) is 0 Å². The first kappa shape index (κ1) is 15.5. The molecule has 1 aliphatic rings. The molecule has 0 radical (unpaired) electrons. The van der Waals surface area contributed by atoms with Crippen molar-refractivity contribution in [3.8, 4) is 0 Å². The van der Waals surface area contributed by atoms with Gasteiger partial charge in [0.1, 0.15) is 0 Å². The first-order valence-corrected chi connectivity index (χ1v) is 7.68. The Morgan fingerprint density at radius 1 is 1.10 bits per heavy atom. The molecule has 3 heteroatoms. The minimum absolute atomic E-state index is 0.0700. The molecule has 1 heterocycles. The summed E-state index contributed by atoms with van der Waals surface area (Å²) in [4.78, 5) is 2.51. The average Bonchev–Trinajstić information content (AvgIpc) is 2.51. The highest BCUT2D eigenvalue weighted by atomic mass is 16.3. The van der Waals surface area contributed by atoms with Crippen molar-refractivity contribution in [2.45, 2.75) is 39.2 Å². The van der Waals surface area contributed by atoms with Crippen molar-refractivity contribution in [1.82, 2.24) is 4.90 Å². The van der Waals surface area contributed by atoms with Gasteiger partial charge in [0.15, 0.2) is 0 Å². The van der Waals surface area contributed by atoms with E-state index in [1.807, 2.05) is 6.92 Å². The number of fused-ring (bicyclic) bond motifs is 1. The molecule has 112 valence electrons. The van der Waals surface area contributed by atoms with E-state index in [4.69, 9.17) is 0 Å². The highest BCUT2D eigenvalue weighted by Gasteiger charge is 2.22. The van der Waals surface area contributed by atoms with Gasteiger partial charge in [-0.1, -0.05) is 37.6 Å². The second-order valence-corrected chi connectivity index (χ2v) is 6.38. The van der Waals surface area contributed by atoms with Gasteiger partial charge < -0.3 is 10.2 Å². The van der Waals surface area contributed by atoms with Crippen LogP contribution in [0.2, 0.25) is 0 Å². The molecule has 20 heavy (non-hydrogen) atoms. The molecular weight excluding hydrogens is 250 g/mol. The molecule has 1 aromatic rings. The summed E-state index contributed by atoms with van der Waals surface area (Å²) in [6.07, 6.45) is 4.25. The number of hydrogen-bond donors (Lipinski definition) is 2. The molecule has 0 fully saturated rings. The Labute approximate surface area is 122 Å². The second-order valence-electron chi connectivity index (χ2n) is 6.38. The lowest BCUT2D eigenvalue weighted by Gasteiger charge is -2.29. The first-order valence-electron chi connectivity index (χ1n) is 7.68. The summed E-state index contributed by atoms with van der Waals surface area (Å²) in [7, 11) is 0. The number of rotatable bonds is 7. The predicted molar refractivity (Wildman–Crippen MR) is 81.6 cm³/mol. The SMILES string of the molecule is CC(CO)(CO)CCCCN1CCc2ccccc2C1. The van der Waals surface area contributed by atoms with E-state index in [2.05, 4.69) is 29.2 Å². The predicted octanol–water partition coefficient (Wildman–Crippen LogP) is 2.21. The number of aliphatic hydroxyl groups is 2. The summed E-state index contributed by atoms with van der Waals surface area (Å²) in [5.74, 6) is 0. The van der Waals surface area contributed by atoms with E-state index in [1.165, 1.54) is 11.1 Å². The molecule has 2 N–H and O–H groups in total. The van der Waals surface area contributed by atoms with Crippen molar-refractivity contribution in [2.75, 3.05) is 26.3 Å². The minimum Gasteiger partial charge on any atom is -0.396 e. The van der Waals surface area contributed by atoms with Crippen LogP contribution in [0.15, 0.2) is 24.3 Å². The number of hydrogen-bond acceptors (Lipinski definition) is 3. The molecule has 1 aromatic carbocycles. The van der Waals surface area contributed by atoms with Gasteiger partial charge in [-0.3, -0.25) is 4.90 Å². The van der Waals surface area contributed by atoms with Crippen LogP contribution in [-0.4, -0.2) is 41.4 Å². The van der Waals surface area contributed by atoms with E-state index >= 15 is 0 Å². The van der Waals surface area contributed by atoms with E-state index in [0.717, 1.165) is 45.3 Å². The van der Waals surface area contributed by atoms with Gasteiger partial charge in [0.25, 0.3) is 0 Å². The van der Waals surface area contributed by atoms with Crippen LogP contribution in [0.4, 0.5) is 0 Å². The van der Waals surface area contributed by atoms with Crippen molar-refractivity contribution in [1.29, 1.82) is 0 Å². The smallest absolute Gasteiger partial charge is 0.0506 e. The quantitative estimate of drug-likeness (QED) is 0.751. The van der Waals surface area contributed by atoms with Crippen LogP contribution in [0.25, 0.3) is 0 Å². The zero-order chi connectivity index (χ0) is 14.4. The van der Waals surface area contributed by atoms with Crippen LogP contribution in [0, 0.1) is 5.41 Å². The fourth-order valence-electron chi connectivity index (χ4n) is 2.84. The lowest BCUT2D eigenvalue weighted by atomic mass is 9.87. The number of aliphatic hydroxyl groups excluding tert-OH is 2. The summed E-state index contributed by atoms with van der Waals surface area (Å²) in [5, 5.41) is 18.5. The van der Waals surface area contributed by atoms with Gasteiger partial charge >= 0.3 is 0 Å². The van der Waals surface area contributed by atoms with E-state index in [0.29, 0.717) is 0 Å². The molecule has 0 spiro atoms. The maximum atomic E-state index is 9.27. The lowest BCUT2D eigenvalue weighted by molar-refractivity contribution is 0.0598. The van der Waals surface area contributed by atoms with Crippen LogP contribution in [0.1, 0.15) is 37.3 Å². The monoisotopic (exact) mass is 277 g/mol. The summed E-state index contributed by atoms with van der Waals surface area (Å²) >= 11 is 0. The van der Waals surface area contributed by atoms with Gasteiger partial charge in [-0.05, 0) is 36.9 Å². The zero-order valence-electron chi connectivity index (χ0n) is 12.5. The van der Waals surface area contributed by atoms with Crippen LogP contribution in [0.5, 0.6) is 0 Å². The molecular formula is C17H27NO2. The van der Waals surface area contributed by atoms with Gasteiger partial charge in [0, 0.05) is 18.5 Å². The Bertz CT molecular complexity index is 415. The highest BCUT2D eigenvalue weighted by Crippen LogP contribution is 2.23. The highest BCUT2D eigenvalue weighted by molar-refractivity contribution is 5.28. The van der Waals surface area contributed by atoms with Gasteiger partial charge in [-0.2, -0.15) is 0 Å². The van der Waals surface area contributed by atoms with Gasteiger partial charge in [0.05, 0.1) is 13.2 Å². The number of unbranched alkanes of at least 4 members (excludes halogenated alkanes) is 1. The Balaban J connectivity index is 1.71. The van der Waals surface area contributed by atoms with Crippen molar-refractivity contribution in [3.05, 3.63) is 35.4 Å². The van der Waals surface area contributed by atoms with Crippen LogP contribution < -0.4 is 0 Å².